The summed E-state index contributed by atoms with van der Waals surface area (Å²) < 4.78 is 0.984. The maximum Gasteiger partial charge on any atom is 0.140 e. The number of anilines is 2. The zero-order valence-electron chi connectivity index (χ0n) is 8.18. The summed E-state index contributed by atoms with van der Waals surface area (Å²) >= 11 is 3.50. The minimum atomic E-state index is 0.730. The van der Waals surface area contributed by atoms with Crippen LogP contribution in [-0.4, -0.2) is 11.5 Å². The number of hydrogen-bond donors (Lipinski definition) is 2. The Kier molecular flexibility index (Phi) is 2.63. The summed E-state index contributed by atoms with van der Waals surface area (Å²) in [6.07, 6.45) is 4.40. The molecule has 2 rings (SSSR count). The third-order valence-corrected chi connectivity index (χ3v) is 3.53. The van der Waals surface area contributed by atoms with Gasteiger partial charge in [-0.25, -0.2) is 4.98 Å². The van der Waals surface area contributed by atoms with Gasteiger partial charge in [0.2, 0.25) is 0 Å². The van der Waals surface area contributed by atoms with Crippen LogP contribution in [0.5, 0.6) is 0 Å². The zero-order valence-corrected chi connectivity index (χ0v) is 9.76. The number of halogens is 1. The maximum absolute atomic E-state index is 5.74. The van der Waals surface area contributed by atoms with E-state index in [1.807, 2.05) is 6.92 Å². The molecule has 3 N–H and O–H groups in total. The van der Waals surface area contributed by atoms with Crippen LogP contribution in [0, 0.1) is 12.8 Å². The fraction of sp³-hybridized carbons (Fsp3) is 0.500. The summed E-state index contributed by atoms with van der Waals surface area (Å²) in [6.45, 7) is 3.01. The molecule has 0 spiro atoms. The van der Waals surface area contributed by atoms with E-state index in [-0.39, 0.29) is 0 Å². The fourth-order valence-corrected chi connectivity index (χ4v) is 1.75. The van der Waals surface area contributed by atoms with E-state index >= 15 is 0 Å². The first-order valence-corrected chi connectivity index (χ1v) is 5.62. The molecular weight excluding hydrogens is 242 g/mol. The molecule has 0 amide bonds. The number of nitrogen functional groups attached to an aromatic ring is 1. The number of pyridine rings is 1. The molecule has 0 unspecified atom stereocenters. The van der Waals surface area contributed by atoms with Crippen LogP contribution in [0.4, 0.5) is 11.5 Å². The summed E-state index contributed by atoms with van der Waals surface area (Å²) in [7, 11) is 0. The third kappa shape index (κ3) is 2.00. The van der Waals surface area contributed by atoms with Crippen LogP contribution < -0.4 is 11.1 Å². The van der Waals surface area contributed by atoms with E-state index in [1.165, 1.54) is 12.8 Å². The highest BCUT2D eigenvalue weighted by atomic mass is 79.9. The van der Waals surface area contributed by atoms with Crippen LogP contribution in [0.3, 0.4) is 0 Å². The van der Waals surface area contributed by atoms with E-state index in [0.717, 1.165) is 34.0 Å². The molecule has 0 bridgehead atoms. The smallest absolute Gasteiger partial charge is 0.140 e. The number of nitrogens with one attached hydrogen (secondary N) is 1. The maximum atomic E-state index is 5.74. The van der Waals surface area contributed by atoms with Crippen molar-refractivity contribution in [2.45, 2.75) is 19.8 Å². The second-order valence-corrected chi connectivity index (χ2v) is 4.62. The van der Waals surface area contributed by atoms with Gasteiger partial charge in [-0.2, -0.15) is 0 Å². The quantitative estimate of drug-likeness (QED) is 0.873. The van der Waals surface area contributed by atoms with Crippen molar-refractivity contribution < 1.29 is 0 Å². The molecule has 14 heavy (non-hydrogen) atoms. The summed E-state index contributed by atoms with van der Waals surface area (Å²) in [5.74, 6) is 1.75. The van der Waals surface area contributed by atoms with Crippen LogP contribution in [0.15, 0.2) is 10.7 Å². The molecule has 0 radical (unpaired) electrons. The van der Waals surface area contributed by atoms with Crippen LogP contribution in [0.25, 0.3) is 0 Å². The summed E-state index contributed by atoms with van der Waals surface area (Å²) in [4.78, 5) is 4.26. The molecule has 3 nitrogen and oxygen atoms in total. The summed E-state index contributed by atoms with van der Waals surface area (Å²) in [5, 5.41) is 3.33. The molecule has 1 aliphatic carbocycles. The Labute approximate surface area is 92.2 Å². The van der Waals surface area contributed by atoms with E-state index in [1.54, 1.807) is 6.20 Å². The highest BCUT2D eigenvalue weighted by Gasteiger charge is 2.21. The largest absolute Gasteiger partial charge is 0.397 e. The van der Waals surface area contributed by atoms with Crippen molar-refractivity contribution in [3.63, 3.8) is 0 Å². The first-order valence-electron chi connectivity index (χ1n) is 4.83. The second-order valence-electron chi connectivity index (χ2n) is 3.83. The Balaban J connectivity index is 2.11. The van der Waals surface area contributed by atoms with Gasteiger partial charge in [-0.05, 0) is 47.2 Å². The van der Waals surface area contributed by atoms with Gasteiger partial charge in [-0.15, -0.1) is 0 Å². The first-order chi connectivity index (χ1) is 6.68. The van der Waals surface area contributed by atoms with Gasteiger partial charge in [0.05, 0.1) is 16.4 Å². The monoisotopic (exact) mass is 255 g/mol. The van der Waals surface area contributed by atoms with Gasteiger partial charge in [-0.3, -0.25) is 0 Å². The highest BCUT2D eigenvalue weighted by molar-refractivity contribution is 9.10. The Hall–Kier alpha value is -0.770. The van der Waals surface area contributed by atoms with Gasteiger partial charge < -0.3 is 11.1 Å². The highest BCUT2D eigenvalue weighted by Crippen LogP contribution is 2.31. The molecule has 1 aliphatic rings. The summed E-state index contributed by atoms with van der Waals surface area (Å²) in [5.41, 5.74) is 7.52. The average molecular weight is 256 g/mol. The lowest BCUT2D eigenvalue weighted by molar-refractivity contribution is 0.881. The number of aromatic nitrogens is 1. The van der Waals surface area contributed by atoms with Gasteiger partial charge in [0.25, 0.3) is 0 Å². The van der Waals surface area contributed by atoms with E-state index in [4.69, 9.17) is 5.73 Å². The van der Waals surface area contributed by atoms with Crippen LogP contribution in [-0.2, 0) is 0 Å². The fourth-order valence-electron chi connectivity index (χ4n) is 1.28. The minimum Gasteiger partial charge on any atom is -0.397 e. The second kappa shape index (κ2) is 3.77. The Morgan fingerprint density at radius 2 is 2.36 bits per heavy atom. The van der Waals surface area contributed by atoms with Gasteiger partial charge in [0.1, 0.15) is 5.82 Å². The van der Waals surface area contributed by atoms with Crippen molar-refractivity contribution >= 4 is 27.4 Å². The van der Waals surface area contributed by atoms with Crippen LogP contribution in [0.2, 0.25) is 0 Å². The zero-order chi connectivity index (χ0) is 10.1. The van der Waals surface area contributed by atoms with Crippen molar-refractivity contribution in [3.05, 3.63) is 16.2 Å². The molecule has 76 valence electrons. The molecule has 1 aromatic rings. The lowest BCUT2D eigenvalue weighted by Crippen LogP contribution is -2.07. The predicted octanol–water partition coefficient (Wildman–Crippen LogP) is 2.56. The van der Waals surface area contributed by atoms with Crippen molar-refractivity contribution in [1.29, 1.82) is 0 Å². The normalized spacial score (nSPS) is 15.6. The van der Waals surface area contributed by atoms with Crippen molar-refractivity contribution in [1.82, 2.24) is 4.98 Å². The lowest BCUT2D eigenvalue weighted by Gasteiger charge is -2.10. The first kappa shape index (κ1) is 9.77. The molecular formula is C10H14BrN3. The van der Waals surface area contributed by atoms with E-state index in [2.05, 4.69) is 26.2 Å². The van der Waals surface area contributed by atoms with Crippen molar-refractivity contribution in [3.8, 4) is 0 Å². The number of nitrogens with two attached hydrogens (primary N) is 1. The van der Waals surface area contributed by atoms with E-state index in [9.17, 15) is 0 Å². The number of hydrogen-bond acceptors (Lipinski definition) is 3. The molecule has 1 saturated carbocycles. The SMILES string of the molecule is Cc1c(N)cnc(NCC2CC2)c1Br. The Bertz CT molecular complexity index is 347. The minimum absolute atomic E-state index is 0.730. The molecule has 4 heteroatoms. The van der Waals surface area contributed by atoms with Gasteiger partial charge >= 0.3 is 0 Å². The molecule has 1 aromatic heterocycles. The van der Waals surface area contributed by atoms with Gasteiger partial charge in [0.15, 0.2) is 0 Å². The summed E-state index contributed by atoms with van der Waals surface area (Å²) in [6, 6.07) is 0. The van der Waals surface area contributed by atoms with E-state index in [0.29, 0.717) is 0 Å². The van der Waals surface area contributed by atoms with Crippen molar-refractivity contribution in [2.75, 3.05) is 17.6 Å². The Morgan fingerprint density at radius 3 is 3.00 bits per heavy atom. The number of rotatable bonds is 3. The third-order valence-electron chi connectivity index (χ3n) is 2.56. The van der Waals surface area contributed by atoms with E-state index < -0.39 is 0 Å². The molecule has 1 fully saturated rings. The topological polar surface area (TPSA) is 50.9 Å². The molecule has 0 aromatic carbocycles. The predicted molar refractivity (Wildman–Crippen MR) is 62.3 cm³/mol. The van der Waals surface area contributed by atoms with Crippen LogP contribution >= 0.6 is 15.9 Å². The number of nitrogens with zero attached hydrogens (tertiary/aromatic N) is 1. The molecule has 0 atom stereocenters. The Morgan fingerprint density at radius 1 is 1.64 bits per heavy atom. The van der Waals surface area contributed by atoms with Gasteiger partial charge in [0, 0.05) is 6.54 Å². The standard InChI is InChI=1S/C10H14BrN3/c1-6-8(12)5-14-10(9(6)11)13-4-7-2-3-7/h5,7H,2-4,12H2,1H3,(H,13,14). The lowest BCUT2D eigenvalue weighted by atomic mass is 10.2. The molecule has 0 saturated heterocycles. The molecule has 1 heterocycles. The van der Waals surface area contributed by atoms with Gasteiger partial charge in [-0.1, -0.05) is 0 Å². The van der Waals surface area contributed by atoms with Crippen molar-refractivity contribution in [2.24, 2.45) is 5.92 Å². The average Bonchev–Trinajstić information content (AvgIpc) is 2.97. The van der Waals surface area contributed by atoms with Crippen LogP contribution in [0.1, 0.15) is 18.4 Å². The molecule has 0 aliphatic heterocycles.